The molecule has 4 rings (SSSR count). The number of amides is 1. The van der Waals surface area contributed by atoms with Crippen LogP contribution in [0.15, 0.2) is 6.20 Å². The highest BCUT2D eigenvalue weighted by Gasteiger charge is 2.30. The van der Waals surface area contributed by atoms with E-state index in [4.69, 9.17) is 0 Å². The summed E-state index contributed by atoms with van der Waals surface area (Å²) in [5.74, 6) is 4.37. The van der Waals surface area contributed by atoms with Crippen molar-refractivity contribution in [3.8, 4) is 0 Å². The fourth-order valence-corrected chi connectivity index (χ4v) is 4.64. The quantitative estimate of drug-likeness (QED) is 0.808. The largest absolute Gasteiger partial charge is 0.356 e. The maximum atomic E-state index is 12.7. The van der Waals surface area contributed by atoms with Gasteiger partial charge in [0.2, 0.25) is 5.91 Å². The maximum absolute atomic E-state index is 12.7. The van der Waals surface area contributed by atoms with Crippen LogP contribution in [-0.2, 0) is 11.8 Å². The van der Waals surface area contributed by atoms with E-state index in [9.17, 15) is 4.79 Å². The van der Waals surface area contributed by atoms with Crippen LogP contribution in [0.2, 0.25) is 0 Å². The molecule has 0 N–H and O–H groups in total. The van der Waals surface area contributed by atoms with Crippen LogP contribution in [0, 0.1) is 12.8 Å². The van der Waals surface area contributed by atoms with E-state index < -0.39 is 0 Å². The molecule has 0 atom stereocenters. The molecule has 2 saturated heterocycles. The molecule has 0 saturated carbocycles. The van der Waals surface area contributed by atoms with Crippen molar-refractivity contribution in [1.29, 1.82) is 0 Å². The Bertz CT molecular complexity index is 777. The van der Waals surface area contributed by atoms with Crippen molar-refractivity contribution < 1.29 is 4.79 Å². The van der Waals surface area contributed by atoms with Crippen molar-refractivity contribution in [2.24, 2.45) is 13.0 Å². The molecule has 8 heteroatoms. The fraction of sp³-hybridized carbons (Fsp3) is 0.647. The summed E-state index contributed by atoms with van der Waals surface area (Å²) in [5, 5.41) is 5.31. The summed E-state index contributed by atoms with van der Waals surface area (Å²) in [7, 11) is 1.90. The van der Waals surface area contributed by atoms with Gasteiger partial charge in [0, 0.05) is 50.7 Å². The molecule has 2 fully saturated rings. The van der Waals surface area contributed by atoms with Crippen molar-refractivity contribution in [3.05, 3.63) is 12.0 Å². The van der Waals surface area contributed by atoms with Crippen molar-refractivity contribution in [2.75, 3.05) is 42.6 Å². The van der Waals surface area contributed by atoms with Crippen molar-refractivity contribution >= 4 is 34.5 Å². The molecule has 1 amide bonds. The van der Waals surface area contributed by atoms with Gasteiger partial charge in [-0.05, 0) is 19.8 Å². The van der Waals surface area contributed by atoms with Gasteiger partial charge in [-0.15, -0.1) is 0 Å². The highest BCUT2D eigenvalue weighted by molar-refractivity contribution is 7.99. The lowest BCUT2D eigenvalue weighted by Gasteiger charge is -2.36. The predicted molar refractivity (Wildman–Crippen MR) is 99.9 cm³/mol. The molecule has 25 heavy (non-hydrogen) atoms. The van der Waals surface area contributed by atoms with Crippen molar-refractivity contribution in [1.82, 2.24) is 24.6 Å². The molecule has 2 aliphatic rings. The van der Waals surface area contributed by atoms with E-state index in [-0.39, 0.29) is 5.92 Å². The number of fused-ring (bicyclic) bond motifs is 1. The highest BCUT2D eigenvalue weighted by Crippen LogP contribution is 2.29. The molecule has 2 aliphatic heterocycles. The molecular weight excluding hydrogens is 336 g/mol. The Balaban J connectivity index is 1.48. The first-order valence-electron chi connectivity index (χ1n) is 8.91. The summed E-state index contributed by atoms with van der Waals surface area (Å²) in [4.78, 5) is 26.2. The zero-order valence-electron chi connectivity index (χ0n) is 14.8. The minimum atomic E-state index is 0.159. The number of aryl methyl sites for hydroxylation is 2. The SMILES string of the molecule is Cc1nc(N2CCC(C(=O)N3CCSCC3)CC2)c2cnn(C)c2n1. The van der Waals surface area contributed by atoms with Crippen LogP contribution in [0.4, 0.5) is 5.82 Å². The maximum Gasteiger partial charge on any atom is 0.225 e. The Morgan fingerprint density at radius 1 is 1.16 bits per heavy atom. The molecule has 0 aliphatic carbocycles. The number of nitrogens with zero attached hydrogens (tertiary/aromatic N) is 6. The topological polar surface area (TPSA) is 67.2 Å². The van der Waals surface area contributed by atoms with Gasteiger partial charge in [0.05, 0.1) is 11.6 Å². The Morgan fingerprint density at radius 2 is 1.88 bits per heavy atom. The summed E-state index contributed by atoms with van der Waals surface area (Å²) in [6.07, 6.45) is 3.63. The summed E-state index contributed by atoms with van der Waals surface area (Å²) in [6.45, 7) is 5.45. The van der Waals surface area contributed by atoms with E-state index in [2.05, 4.69) is 24.9 Å². The first kappa shape index (κ1) is 16.6. The second-order valence-corrected chi connectivity index (χ2v) is 8.02. The summed E-state index contributed by atoms with van der Waals surface area (Å²) >= 11 is 1.94. The number of thioether (sulfide) groups is 1. The number of carbonyl (C=O) groups excluding carboxylic acids is 1. The third-order valence-electron chi connectivity index (χ3n) is 5.15. The summed E-state index contributed by atoms with van der Waals surface area (Å²) in [6, 6.07) is 0. The van der Waals surface area contributed by atoms with E-state index in [1.54, 1.807) is 4.68 Å². The molecule has 0 bridgehead atoms. The number of carbonyl (C=O) groups is 1. The predicted octanol–water partition coefficient (Wildman–Crippen LogP) is 1.46. The monoisotopic (exact) mass is 360 g/mol. The van der Waals surface area contributed by atoms with Crippen LogP contribution in [0.25, 0.3) is 11.0 Å². The van der Waals surface area contributed by atoms with Crippen molar-refractivity contribution in [2.45, 2.75) is 19.8 Å². The van der Waals surface area contributed by atoms with Gasteiger partial charge in [-0.3, -0.25) is 9.48 Å². The van der Waals surface area contributed by atoms with E-state index in [0.29, 0.717) is 5.91 Å². The lowest BCUT2D eigenvalue weighted by atomic mass is 9.95. The van der Waals surface area contributed by atoms with E-state index in [1.165, 1.54) is 0 Å². The van der Waals surface area contributed by atoms with Gasteiger partial charge in [0.25, 0.3) is 0 Å². The zero-order chi connectivity index (χ0) is 17.4. The minimum Gasteiger partial charge on any atom is -0.356 e. The van der Waals surface area contributed by atoms with Crippen LogP contribution in [0.3, 0.4) is 0 Å². The highest BCUT2D eigenvalue weighted by atomic mass is 32.2. The van der Waals surface area contributed by atoms with Gasteiger partial charge < -0.3 is 9.80 Å². The van der Waals surface area contributed by atoms with Gasteiger partial charge in [0.15, 0.2) is 5.65 Å². The fourth-order valence-electron chi connectivity index (χ4n) is 3.73. The first-order chi connectivity index (χ1) is 12.1. The molecule has 0 unspecified atom stereocenters. The van der Waals surface area contributed by atoms with Gasteiger partial charge in [-0.1, -0.05) is 0 Å². The summed E-state index contributed by atoms with van der Waals surface area (Å²) in [5.41, 5.74) is 0.867. The number of anilines is 1. The summed E-state index contributed by atoms with van der Waals surface area (Å²) < 4.78 is 1.79. The molecule has 4 heterocycles. The van der Waals surface area contributed by atoms with Crippen LogP contribution in [0.5, 0.6) is 0 Å². The van der Waals surface area contributed by atoms with Crippen molar-refractivity contribution in [3.63, 3.8) is 0 Å². The molecule has 0 spiro atoms. The van der Waals surface area contributed by atoms with Crippen LogP contribution < -0.4 is 4.90 Å². The van der Waals surface area contributed by atoms with E-state index in [0.717, 1.165) is 73.2 Å². The second-order valence-electron chi connectivity index (χ2n) is 6.80. The van der Waals surface area contributed by atoms with Crippen LogP contribution in [-0.4, -0.2) is 68.2 Å². The molecule has 7 nitrogen and oxygen atoms in total. The molecule has 0 aromatic carbocycles. The number of piperidine rings is 1. The number of hydrogen-bond acceptors (Lipinski definition) is 6. The molecule has 134 valence electrons. The molecule has 2 aromatic rings. The molecule has 0 radical (unpaired) electrons. The van der Waals surface area contributed by atoms with Crippen LogP contribution >= 0.6 is 11.8 Å². The zero-order valence-corrected chi connectivity index (χ0v) is 15.6. The smallest absolute Gasteiger partial charge is 0.225 e. The Hall–Kier alpha value is -1.83. The Labute approximate surface area is 151 Å². The lowest BCUT2D eigenvalue weighted by Crippen LogP contribution is -2.45. The average Bonchev–Trinajstić information content (AvgIpc) is 3.02. The second kappa shape index (κ2) is 6.82. The van der Waals surface area contributed by atoms with Gasteiger partial charge >= 0.3 is 0 Å². The number of aromatic nitrogens is 4. The number of rotatable bonds is 2. The average molecular weight is 360 g/mol. The normalized spacial score (nSPS) is 19.6. The van der Waals surface area contributed by atoms with Gasteiger partial charge in [-0.25, -0.2) is 9.97 Å². The first-order valence-corrected chi connectivity index (χ1v) is 10.1. The standard InChI is InChI=1S/C17H24N6OS/c1-12-19-15-14(11-18-21(15)2)16(20-12)22-5-3-13(4-6-22)17(24)23-7-9-25-10-8-23/h11,13H,3-10H2,1-2H3. The van der Waals surface area contributed by atoms with Crippen LogP contribution in [0.1, 0.15) is 18.7 Å². The Kier molecular flexibility index (Phi) is 4.54. The third kappa shape index (κ3) is 3.19. The van der Waals surface area contributed by atoms with E-state index >= 15 is 0 Å². The third-order valence-corrected chi connectivity index (χ3v) is 6.09. The number of hydrogen-bond donors (Lipinski definition) is 0. The molecule has 2 aromatic heterocycles. The minimum absolute atomic E-state index is 0.159. The molecular formula is C17H24N6OS. The van der Waals surface area contributed by atoms with E-state index in [1.807, 2.05) is 31.9 Å². The van der Waals surface area contributed by atoms with Gasteiger partial charge in [-0.2, -0.15) is 16.9 Å². The van der Waals surface area contributed by atoms with Gasteiger partial charge in [0.1, 0.15) is 11.6 Å². The lowest BCUT2D eigenvalue weighted by molar-refractivity contribution is -0.135. The Morgan fingerprint density at radius 3 is 2.60 bits per heavy atom.